The van der Waals surface area contributed by atoms with E-state index in [0.717, 1.165) is 44.6 Å². The van der Waals surface area contributed by atoms with E-state index in [1.807, 2.05) is 17.4 Å². The first-order valence-corrected chi connectivity index (χ1v) is 15.3. The minimum absolute atomic E-state index is 0.880. The van der Waals surface area contributed by atoms with Crippen LogP contribution in [0.2, 0.25) is 0 Å². The Bertz CT molecular complexity index is 2470. The topological polar surface area (TPSA) is 16.4 Å². The van der Waals surface area contributed by atoms with Crippen molar-refractivity contribution in [3.63, 3.8) is 0 Å². The molecule has 0 aliphatic rings. The third kappa shape index (κ3) is 3.72. The largest absolute Gasteiger partial charge is 0.454 e. The van der Waals surface area contributed by atoms with Crippen LogP contribution in [-0.2, 0) is 0 Å². The van der Waals surface area contributed by atoms with Gasteiger partial charge in [0.05, 0.1) is 17.1 Å². The molecule has 0 aliphatic carbocycles. The second-order valence-corrected chi connectivity index (χ2v) is 11.9. The number of hydrogen-bond acceptors (Lipinski definition) is 3. The second kappa shape index (κ2) is 9.59. The van der Waals surface area contributed by atoms with Crippen LogP contribution in [0, 0.1) is 0 Å². The van der Waals surface area contributed by atoms with E-state index < -0.39 is 0 Å². The zero-order valence-electron chi connectivity index (χ0n) is 23.2. The molecule has 0 N–H and O–H groups in total. The lowest BCUT2D eigenvalue weighted by Gasteiger charge is -2.29. The molecular formula is C40H25NOS. The summed E-state index contributed by atoms with van der Waals surface area (Å²) in [6, 6.07) is 54.1. The van der Waals surface area contributed by atoms with E-state index in [0.29, 0.717) is 0 Å². The van der Waals surface area contributed by atoms with Gasteiger partial charge in [-0.05, 0) is 35.9 Å². The van der Waals surface area contributed by atoms with Crippen LogP contribution in [0.15, 0.2) is 156 Å². The molecule has 0 spiro atoms. The molecule has 202 valence electrons. The summed E-state index contributed by atoms with van der Waals surface area (Å²) in [5, 5.41) is 7.26. The molecule has 0 saturated carbocycles. The first kappa shape index (κ1) is 24.2. The van der Waals surface area contributed by atoms with Gasteiger partial charge in [0.1, 0.15) is 5.58 Å². The average Bonchev–Trinajstić information content (AvgIpc) is 3.65. The molecule has 7 aromatic carbocycles. The van der Waals surface area contributed by atoms with E-state index in [4.69, 9.17) is 4.42 Å². The Hall–Kier alpha value is -5.38. The average molecular weight is 568 g/mol. The Balaban J connectivity index is 1.45. The summed E-state index contributed by atoms with van der Waals surface area (Å²) in [5.74, 6) is 0. The number of rotatable bonds is 4. The van der Waals surface area contributed by atoms with E-state index in [1.54, 1.807) is 0 Å². The molecule has 0 aliphatic heterocycles. The maximum atomic E-state index is 6.67. The van der Waals surface area contributed by atoms with Crippen molar-refractivity contribution in [2.75, 3.05) is 4.90 Å². The van der Waals surface area contributed by atoms with Gasteiger partial charge in [-0.3, -0.25) is 0 Å². The van der Waals surface area contributed by atoms with Gasteiger partial charge in [0, 0.05) is 47.3 Å². The van der Waals surface area contributed by atoms with Crippen molar-refractivity contribution < 1.29 is 4.42 Å². The standard InChI is InChI=1S/C40H25NOS/c1-2-13-26(14-3-1)27-15-6-9-21-34(27)41(35-22-12-20-31-29-17-7-10-23-37(29)42-39(31)35)36-25-33-30-18-8-11-24-38(30)43-40(33)32-19-5-4-16-28(32)36/h1-25H. The van der Waals surface area contributed by atoms with Gasteiger partial charge in [-0.15, -0.1) is 11.3 Å². The van der Waals surface area contributed by atoms with Crippen LogP contribution in [0.5, 0.6) is 0 Å². The maximum absolute atomic E-state index is 6.67. The molecule has 43 heavy (non-hydrogen) atoms. The Morgan fingerprint density at radius 2 is 1.09 bits per heavy atom. The fraction of sp³-hybridized carbons (Fsp3) is 0. The number of furan rings is 1. The van der Waals surface area contributed by atoms with Gasteiger partial charge < -0.3 is 9.32 Å². The quantitative estimate of drug-likeness (QED) is 0.210. The third-order valence-electron chi connectivity index (χ3n) is 8.46. The predicted octanol–water partition coefficient (Wildman–Crippen LogP) is 12.2. The third-order valence-corrected chi connectivity index (χ3v) is 9.68. The lowest BCUT2D eigenvalue weighted by atomic mass is 9.99. The van der Waals surface area contributed by atoms with Gasteiger partial charge in [0.25, 0.3) is 0 Å². The van der Waals surface area contributed by atoms with Gasteiger partial charge in [0.15, 0.2) is 5.58 Å². The highest BCUT2D eigenvalue weighted by atomic mass is 32.1. The minimum atomic E-state index is 0.880. The second-order valence-electron chi connectivity index (χ2n) is 10.9. The van der Waals surface area contributed by atoms with Crippen molar-refractivity contribution in [3.8, 4) is 11.1 Å². The van der Waals surface area contributed by atoms with Crippen LogP contribution < -0.4 is 4.90 Å². The van der Waals surface area contributed by atoms with E-state index in [2.05, 4.69) is 150 Å². The van der Waals surface area contributed by atoms with Gasteiger partial charge in [-0.1, -0.05) is 121 Å². The fourth-order valence-corrected chi connectivity index (χ4v) is 7.76. The SMILES string of the molecule is c1ccc(-c2ccccc2N(c2cc3c4ccccc4sc3c3ccccc23)c2cccc3c2oc2ccccc23)cc1. The molecule has 9 rings (SSSR count). The monoisotopic (exact) mass is 567 g/mol. The van der Waals surface area contributed by atoms with Crippen molar-refractivity contribution in [1.29, 1.82) is 0 Å². The number of benzene rings is 7. The number of hydrogen-bond donors (Lipinski definition) is 0. The van der Waals surface area contributed by atoms with Gasteiger partial charge in [-0.2, -0.15) is 0 Å². The molecule has 0 fully saturated rings. The number of para-hydroxylation sites is 3. The lowest BCUT2D eigenvalue weighted by Crippen LogP contribution is -2.12. The molecule has 9 aromatic rings. The first-order chi connectivity index (χ1) is 21.3. The molecule has 2 heterocycles. The van der Waals surface area contributed by atoms with Gasteiger partial charge in [-0.25, -0.2) is 0 Å². The van der Waals surface area contributed by atoms with Crippen LogP contribution in [0.3, 0.4) is 0 Å². The van der Waals surface area contributed by atoms with Gasteiger partial charge >= 0.3 is 0 Å². The zero-order valence-corrected chi connectivity index (χ0v) is 24.0. The zero-order chi connectivity index (χ0) is 28.3. The Morgan fingerprint density at radius 3 is 1.98 bits per heavy atom. The summed E-state index contributed by atoms with van der Waals surface area (Å²) in [4.78, 5) is 2.42. The molecule has 3 heteroatoms. The van der Waals surface area contributed by atoms with Crippen LogP contribution in [0.1, 0.15) is 0 Å². The van der Waals surface area contributed by atoms with Crippen LogP contribution in [-0.4, -0.2) is 0 Å². The normalized spacial score (nSPS) is 11.7. The van der Waals surface area contributed by atoms with Crippen molar-refractivity contribution >= 4 is 81.3 Å². The summed E-state index contributed by atoms with van der Waals surface area (Å²) < 4.78 is 9.29. The molecule has 0 atom stereocenters. The van der Waals surface area contributed by atoms with Crippen molar-refractivity contribution in [2.45, 2.75) is 0 Å². The first-order valence-electron chi connectivity index (χ1n) is 14.5. The molecule has 2 aromatic heterocycles. The summed E-state index contributed by atoms with van der Waals surface area (Å²) >= 11 is 1.87. The number of thiophene rings is 1. The highest BCUT2D eigenvalue weighted by Gasteiger charge is 2.24. The Labute approximate surface area is 252 Å². The van der Waals surface area contributed by atoms with Crippen LogP contribution >= 0.6 is 11.3 Å². The minimum Gasteiger partial charge on any atom is -0.454 e. The molecule has 0 saturated heterocycles. The summed E-state index contributed by atoms with van der Waals surface area (Å²) in [5.41, 5.74) is 7.35. The Morgan fingerprint density at radius 1 is 0.442 bits per heavy atom. The van der Waals surface area contributed by atoms with Crippen molar-refractivity contribution in [2.24, 2.45) is 0 Å². The lowest BCUT2D eigenvalue weighted by molar-refractivity contribution is 0.669. The number of nitrogens with zero attached hydrogens (tertiary/aromatic N) is 1. The highest BCUT2D eigenvalue weighted by Crippen LogP contribution is 2.50. The summed E-state index contributed by atoms with van der Waals surface area (Å²) in [7, 11) is 0. The number of anilines is 3. The summed E-state index contributed by atoms with van der Waals surface area (Å²) in [6.45, 7) is 0. The van der Waals surface area contributed by atoms with E-state index in [9.17, 15) is 0 Å². The van der Waals surface area contributed by atoms with Crippen LogP contribution in [0.4, 0.5) is 17.1 Å². The molecular weight excluding hydrogens is 543 g/mol. The van der Waals surface area contributed by atoms with E-state index in [-0.39, 0.29) is 0 Å². The predicted molar refractivity (Wildman–Crippen MR) is 184 cm³/mol. The summed E-state index contributed by atoms with van der Waals surface area (Å²) in [6.07, 6.45) is 0. The fourth-order valence-electron chi connectivity index (χ4n) is 6.54. The molecule has 0 amide bonds. The van der Waals surface area contributed by atoms with E-state index >= 15 is 0 Å². The highest BCUT2D eigenvalue weighted by molar-refractivity contribution is 7.26. The smallest absolute Gasteiger partial charge is 0.159 e. The Kier molecular flexibility index (Phi) is 5.40. The molecule has 0 unspecified atom stereocenters. The van der Waals surface area contributed by atoms with Crippen molar-refractivity contribution in [1.82, 2.24) is 0 Å². The van der Waals surface area contributed by atoms with Crippen LogP contribution in [0.25, 0.3) is 64.0 Å². The van der Waals surface area contributed by atoms with Crippen molar-refractivity contribution in [3.05, 3.63) is 152 Å². The maximum Gasteiger partial charge on any atom is 0.159 e. The van der Waals surface area contributed by atoms with E-state index in [1.165, 1.54) is 36.5 Å². The molecule has 0 radical (unpaired) electrons. The number of fused-ring (bicyclic) bond motifs is 8. The molecule has 0 bridgehead atoms. The van der Waals surface area contributed by atoms with Gasteiger partial charge in [0.2, 0.25) is 0 Å². The molecule has 2 nitrogen and oxygen atoms in total.